The van der Waals surface area contributed by atoms with Gasteiger partial charge < -0.3 is 15.4 Å². The molecule has 5 nitrogen and oxygen atoms in total. The molecule has 2 aromatic rings. The van der Waals surface area contributed by atoms with E-state index in [9.17, 15) is 9.59 Å². The average Bonchev–Trinajstić information content (AvgIpc) is 2.65. The van der Waals surface area contributed by atoms with E-state index in [-0.39, 0.29) is 24.4 Å². The van der Waals surface area contributed by atoms with Crippen LogP contribution in [0.5, 0.6) is 5.75 Å². The van der Waals surface area contributed by atoms with Gasteiger partial charge in [-0.3, -0.25) is 9.59 Å². The Hall–Kier alpha value is -2.82. The fourth-order valence-electron chi connectivity index (χ4n) is 2.51. The summed E-state index contributed by atoms with van der Waals surface area (Å²) >= 11 is 0. The molecule has 0 radical (unpaired) electrons. The molecule has 0 aromatic heterocycles. The number of benzene rings is 2. The van der Waals surface area contributed by atoms with Gasteiger partial charge in [-0.1, -0.05) is 42.5 Å². The number of nitrogens with one attached hydrogen (secondary N) is 2. The molecule has 0 spiro atoms. The van der Waals surface area contributed by atoms with Crippen molar-refractivity contribution in [1.29, 1.82) is 0 Å². The lowest BCUT2D eigenvalue weighted by atomic mass is 10.1. The minimum absolute atomic E-state index is 0.0378. The minimum Gasteiger partial charge on any atom is -0.496 e. The molecular formula is C20H24N2O3. The Labute approximate surface area is 148 Å². The smallest absolute Gasteiger partial charge is 0.255 e. The number of hydrogen-bond donors (Lipinski definition) is 2. The molecule has 0 aliphatic heterocycles. The number of hydrogen-bond acceptors (Lipinski definition) is 3. The molecule has 0 saturated heterocycles. The van der Waals surface area contributed by atoms with E-state index in [0.29, 0.717) is 11.3 Å². The van der Waals surface area contributed by atoms with E-state index in [1.165, 1.54) is 12.7 Å². The molecule has 0 bridgehead atoms. The van der Waals surface area contributed by atoms with Gasteiger partial charge in [0, 0.05) is 6.04 Å². The van der Waals surface area contributed by atoms with E-state index in [2.05, 4.69) is 22.8 Å². The van der Waals surface area contributed by atoms with Crippen molar-refractivity contribution in [1.82, 2.24) is 10.6 Å². The predicted molar refractivity (Wildman–Crippen MR) is 97.7 cm³/mol. The zero-order valence-corrected chi connectivity index (χ0v) is 14.6. The van der Waals surface area contributed by atoms with Gasteiger partial charge in [0.25, 0.3) is 5.91 Å². The summed E-state index contributed by atoms with van der Waals surface area (Å²) in [7, 11) is 1.51. The quantitative estimate of drug-likeness (QED) is 0.776. The fourth-order valence-corrected chi connectivity index (χ4v) is 2.51. The van der Waals surface area contributed by atoms with Crippen molar-refractivity contribution < 1.29 is 14.3 Å². The van der Waals surface area contributed by atoms with Gasteiger partial charge in [-0.25, -0.2) is 0 Å². The Morgan fingerprint density at radius 2 is 1.72 bits per heavy atom. The van der Waals surface area contributed by atoms with E-state index >= 15 is 0 Å². The molecule has 0 fully saturated rings. The van der Waals surface area contributed by atoms with Crippen LogP contribution >= 0.6 is 0 Å². The Morgan fingerprint density at radius 1 is 1.04 bits per heavy atom. The lowest BCUT2D eigenvalue weighted by Gasteiger charge is -2.14. The first-order chi connectivity index (χ1) is 12.1. The number of aryl methyl sites for hydroxylation is 1. The number of para-hydroxylation sites is 1. The molecule has 0 unspecified atom stereocenters. The maximum Gasteiger partial charge on any atom is 0.255 e. The molecule has 25 heavy (non-hydrogen) atoms. The van der Waals surface area contributed by atoms with Crippen molar-refractivity contribution >= 4 is 11.8 Å². The third-order valence-corrected chi connectivity index (χ3v) is 3.88. The van der Waals surface area contributed by atoms with Crippen LogP contribution in [0, 0.1) is 0 Å². The van der Waals surface area contributed by atoms with Crippen LogP contribution in [-0.4, -0.2) is 31.5 Å². The molecule has 2 amide bonds. The summed E-state index contributed by atoms with van der Waals surface area (Å²) in [6, 6.07) is 17.1. The van der Waals surface area contributed by atoms with E-state index in [4.69, 9.17) is 4.74 Å². The molecule has 0 aliphatic carbocycles. The third kappa shape index (κ3) is 5.95. The van der Waals surface area contributed by atoms with E-state index in [1.807, 2.05) is 25.1 Å². The second-order valence-electron chi connectivity index (χ2n) is 5.88. The third-order valence-electron chi connectivity index (χ3n) is 3.88. The maximum absolute atomic E-state index is 12.2. The molecular weight excluding hydrogens is 316 g/mol. The van der Waals surface area contributed by atoms with Crippen molar-refractivity contribution in [2.45, 2.75) is 25.8 Å². The van der Waals surface area contributed by atoms with Crippen LogP contribution in [0.25, 0.3) is 0 Å². The molecule has 2 N–H and O–H groups in total. The van der Waals surface area contributed by atoms with Gasteiger partial charge in [-0.05, 0) is 37.5 Å². The summed E-state index contributed by atoms with van der Waals surface area (Å²) in [6.45, 7) is 1.90. The predicted octanol–water partition coefficient (Wildman–Crippen LogP) is 2.56. The number of ether oxygens (including phenoxy) is 1. The largest absolute Gasteiger partial charge is 0.496 e. The van der Waals surface area contributed by atoms with Gasteiger partial charge in [0.2, 0.25) is 5.91 Å². The molecule has 0 aliphatic rings. The van der Waals surface area contributed by atoms with Crippen LogP contribution in [0.1, 0.15) is 29.3 Å². The second kappa shape index (κ2) is 9.47. The van der Waals surface area contributed by atoms with Crippen molar-refractivity contribution in [2.24, 2.45) is 0 Å². The summed E-state index contributed by atoms with van der Waals surface area (Å²) in [5.74, 6) is -0.0509. The van der Waals surface area contributed by atoms with Crippen molar-refractivity contribution in [3.8, 4) is 5.75 Å². The van der Waals surface area contributed by atoms with Gasteiger partial charge in [0.15, 0.2) is 0 Å². The molecule has 132 valence electrons. The van der Waals surface area contributed by atoms with Crippen LogP contribution < -0.4 is 15.4 Å². The van der Waals surface area contributed by atoms with Gasteiger partial charge in [-0.2, -0.15) is 0 Å². The first-order valence-electron chi connectivity index (χ1n) is 8.34. The lowest BCUT2D eigenvalue weighted by molar-refractivity contribution is -0.120. The van der Waals surface area contributed by atoms with Crippen molar-refractivity contribution in [2.75, 3.05) is 13.7 Å². The zero-order valence-electron chi connectivity index (χ0n) is 14.6. The molecule has 2 rings (SSSR count). The monoisotopic (exact) mass is 340 g/mol. The Balaban J connectivity index is 1.75. The Bertz CT molecular complexity index is 701. The van der Waals surface area contributed by atoms with Crippen LogP contribution in [0.2, 0.25) is 0 Å². The Kier molecular flexibility index (Phi) is 7.01. The number of carbonyl (C=O) groups excluding carboxylic acids is 2. The number of rotatable bonds is 8. The van der Waals surface area contributed by atoms with Crippen LogP contribution in [0.3, 0.4) is 0 Å². The van der Waals surface area contributed by atoms with E-state index in [0.717, 1.165) is 12.8 Å². The first-order valence-corrected chi connectivity index (χ1v) is 8.34. The molecule has 0 saturated carbocycles. The van der Waals surface area contributed by atoms with Crippen LogP contribution in [0.4, 0.5) is 0 Å². The van der Waals surface area contributed by atoms with E-state index < -0.39 is 0 Å². The van der Waals surface area contributed by atoms with Crippen molar-refractivity contribution in [3.05, 3.63) is 65.7 Å². The topological polar surface area (TPSA) is 67.4 Å². The standard InChI is InChI=1S/C20H24N2O3/c1-15(12-13-16-8-4-3-5-9-16)22-19(23)14-21-20(24)17-10-6-7-11-18(17)25-2/h3-11,15H,12-14H2,1-2H3,(H,21,24)(H,22,23)/t15-/m1/s1. The summed E-state index contributed by atoms with van der Waals surface area (Å²) in [5, 5.41) is 5.52. The number of methoxy groups -OCH3 is 1. The number of amides is 2. The molecule has 2 aromatic carbocycles. The van der Waals surface area contributed by atoms with Gasteiger partial charge >= 0.3 is 0 Å². The molecule has 1 atom stereocenters. The highest BCUT2D eigenvalue weighted by Crippen LogP contribution is 2.16. The van der Waals surface area contributed by atoms with Crippen LogP contribution in [-0.2, 0) is 11.2 Å². The minimum atomic E-state index is -0.329. The fraction of sp³-hybridized carbons (Fsp3) is 0.300. The van der Waals surface area contributed by atoms with Gasteiger partial charge in [0.1, 0.15) is 5.75 Å². The van der Waals surface area contributed by atoms with E-state index in [1.54, 1.807) is 24.3 Å². The molecule has 5 heteroatoms. The SMILES string of the molecule is COc1ccccc1C(=O)NCC(=O)N[C@H](C)CCc1ccccc1. The summed E-state index contributed by atoms with van der Waals surface area (Å²) in [6.07, 6.45) is 1.74. The lowest BCUT2D eigenvalue weighted by Crippen LogP contribution is -2.41. The molecule has 0 heterocycles. The average molecular weight is 340 g/mol. The normalized spacial score (nSPS) is 11.4. The summed E-state index contributed by atoms with van der Waals surface area (Å²) in [4.78, 5) is 24.2. The van der Waals surface area contributed by atoms with Gasteiger partial charge in [0.05, 0.1) is 19.2 Å². The summed E-state index contributed by atoms with van der Waals surface area (Å²) in [5.41, 5.74) is 1.66. The van der Waals surface area contributed by atoms with Gasteiger partial charge in [-0.15, -0.1) is 0 Å². The van der Waals surface area contributed by atoms with Crippen LogP contribution in [0.15, 0.2) is 54.6 Å². The maximum atomic E-state index is 12.2. The second-order valence-corrected chi connectivity index (χ2v) is 5.88. The number of carbonyl (C=O) groups is 2. The van der Waals surface area contributed by atoms with Crippen molar-refractivity contribution in [3.63, 3.8) is 0 Å². The summed E-state index contributed by atoms with van der Waals surface area (Å²) < 4.78 is 5.15. The zero-order chi connectivity index (χ0) is 18.1. The highest BCUT2D eigenvalue weighted by atomic mass is 16.5. The highest BCUT2D eigenvalue weighted by Gasteiger charge is 2.13. The highest BCUT2D eigenvalue weighted by molar-refractivity contribution is 5.98. The first kappa shape index (κ1) is 18.5. The Morgan fingerprint density at radius 3 is 2.44 bits per heavy atom.